The highest BCUT2D eigenvalue weighted by Gasteiger charge is 2.49. The molecule has 0 amide bonds. The maximum absolute atomic E-state index is 6.12. The van der Waals surface area contributed by atoms with Crippen molar-refractivity contribution < 1.29 is 4.74 Å². The van der Waals surface area contributed by atoms with Gasteiger partial charge >= 0.3 is 0 Å². The first-order valence-electron chi connectivity index (χ1n) is 9.08. The molecule has 2 heteroatoms. The first-order valence-corrected chi connectivity index (χ1v) is 9.08. The number of ether oxygens (including phenoxy) is 1. The van der Waals surface area contributed by atoms with Crippen LogP contribution in [0.5, 0.6) is 0 Å². The van der Waals surface area contributed by atoms with Crippen LogP contribution in [-0.2, 0) is 4.74 Å². The van der Waals surface area contributed by atoms with Gasteiger partial charge in [0.05, 0.1) is 6.10 Å². The van der Waals surface area contributed by atoms with Crippen LogP contribution in [0.25, 0.3) is 0 Å². The number of nitrogens with one attached hydrogen (secondary N) is 1. The Labute approximate surface area is 126 Å². The predicted molar refractivity (Wildman–Crippen MR) is 86.1 cm³/mol. The molecule has 1 aliphatic carbocycles. The highest BCUT2D eigenvalue weighted by Crippen LogP contribution is 2.50. The van der Waals surface area contributed by atoms with Crippen molar-refractivity contribution in [3.8, 4) is 0 Å². The first-order chi connectivity index (χ1) is 9.82. The van der Waals surface area contributed by atoms with E-state index < -0.39 is 0 Å². The van der Waals surface area contributed by atoms with E-state index in [-0.39, 0.29) is 0 Å². The van der Waals surface area contributed by atoms with Crippen LogP contribution in [0.4, 0.5) is 0 Å². The molecule has 0 aromatic carbocycles. The van der Waals surface area contributed by atoms with Gasteiger partial charge in [-0.15, -0.1) is 0 Å². The van der Waals surface area contributed by atoms with E-state index in [1.165, 1.54) is 70.6 Å². The van der Waals surface area contributed by atoms with Gasteiger partial charge in [-0.1, -0.05) is 51.9 Å². The third-order valence-corrected chi connectivity index (χ3v) is 5.36. The van der Waals surface area contributed by atoms with Crippen LogP contribution in [0.15, 0.2) is 0 Å². The molecule has 2 nitrogen and oxygen atoms in total. The zero-order valence-corrected chi connectivity index (χ0v) is 13.8. The Morgan fingerprint density at radius 2 is 1.75 bits per heavy atom. The van der Waals surface area contributed by atoms with E-state index in [1.807, 2.05) is 0 Å². The average molecular weight is 281 g/mol. The fraction of sp³-hybridized carbons (Fsp3) is 1.00. The lowest BCUT2D eigenvalue weighted by atomic mass is 9.74. The molecule has 1 aliphatic heterocycles. The molecule has 1 heterocycles. The van der Waals surface area contributed by atoms with Gasteiger partial charge in [0, 0.05) is 18.6 Å². The normalized spacial score (nSPS) is 30.0. The molecular weight excluding hydrogens is 246 g/mol. The molecule has 0 spiro atoms. The fourth-order valence-corrected chi connectivity index (χ4v) is 4.07. The molecule has 2 rings (SSSR count). The van der Waals surface area contributed by atoms with Crippen LogP contribution in [0, 0.1) is 11.3 Å². The Bertz CT molecular complexity index is 264. The van der Waals surface area contributed by atoms with E-state index in [9.17, 15) is 0 Å². The highest BCUT2D eigenvalue weighted by molar-refractivity contribution is 5.00. The minimum absolute atomic E-state index is 0.458. The lowest BCUT2D eigenvalue weighted by Crippen LogP contribution is -2.40. The zero-order valence-electron chi connectivity index (χ0n) is 13.8. The van der Waals surface area contributed by atoms with Crippen molar-refractivity contribution in [1.29, 1.82) is 0 Å². The Hall–Kier alpha value is -0.0800. The second kappa shape index (κ2) is 8.38. The molecule has 2 fully saturated rings. The summed E-state index contributed by atoms with van der Waals surface area (Å²) >= 11 is 0. The minimum atomic E-state index is 0.458. The summed E-state index contributed by atoms with van der Waals surface area (Å²) in [6.07, 6.45) is 16.0. The van der Waals surface area contributed by atoms with Crippen LogP contribution >= 0.6 is 0 Å². The van der Waals surface area contributed by atoms with Crippen molar-refractivity contribution in [2.75, 3.05) is 20.2 Å². The summed E-state index contributed by atoms with van der Waals surface area (Å²) in [5.41, 5.74) is 0.458. The van der Waals surface area contributed by atoms with Crippen molar-refractivity contribution in [2.24, 2.45) is 11.3 Å². The first kappa shape index (κ1) is 16.3. The minimum Gasteiger partial charge on any atom is -0.377 e. The summed E-state index contributed by atoms with van der Waals surface area (Å²) in [6.45, 7) is 4.45. The Morgan fingerprint density at radius 1 is 1.05 bits per heavy atom. The molecule has 2 unspecified atom stereocenters. The summed E-state index contributed by atoms with van der Waals surface area (Å²) in [5, 5.41) is 3.45. The fourth-order valence-electron chi connectivity index (χ4n) is 4.07. The van der Waals surface area contributed by atoms with Gasteiger partial charge in [0.1, 0.15) is 0 Å². The predicted octanol–water partition coefficient (Wildman–Crippen LogP) is 4.53. The second-order valence-electron chi connectivity index (χ2n) is 7.14. The number of hydrogen-bond acceptors (Lipinski definition) is 2. The summed E-state index contributed by atoms with van der Waals surface area (Å²) in [6, 6.07) is 0. The summed E-state index contributed by atoms with van der Waals surface area (Å²) in [5.74, 6) is 0.885. The van der Waals surface area contributed by atoms with E-state index in [0.29, 0.717) is 11.5 Å². The van der Waals surface area contributed by atoms with Crippen molar-refractivity contribution in [1.82, 2.24) is 5.32 Å². The van der Waals surface area contributed by atoms with Gasteiger partial charge in [-0.25, -0.2) is 0 Å². The van der Waals surface area contributed by atoms with Crippen LogP contribution in [0.3, 0.4) is 0 Å². The molecule has 1 saturated carbocycles. The Kier molecular flexibility index (Phi) is 6.83. The molecule has 2 atom stereocenters. The summed E-state index contributed by atoms with van der Waals surface area (Å²) in [4.78, 5) is 0. The topological polar surface area (TPSA) is 21.3 Å². The van der Waals surface area contributed by atoms with Gasteiger partial charge in [0.2, 0.25) is 0 Å². The van der Waals surface area contributed by atoms with E-state index in [4.69, 9.17) is 4.74 Å². The van der Waals surface area contributed by atoms with Gasteiger partial charge in [0.25, 0.3) is 0 Å². The number of unbranched alkanes of at least 4 members (excludes halogenated alkanes) is 6. The maximum atomic E-state index is 6.12. The molecule has 0 bridgehead atoms. The van der Waals surface area contributed by atoms with Crippen molar-refractivity contribution in [2.45, 2.75) is 83.7 Å². The summed E-state index contributed by atoms with van der Waals surface area (Å²) in [7, 11) is 2.11. The quantitative estimate of drug-likeness (QED) is 0.562. The van der Waals surface area contributed by atoms with Crippen molar-refractivity contribution in [3.63, 3.8) is 0 Å². The van der Waals surface area contributed by atoms with Crippen LogP contribution in [0.2, 0.25) is 0 Å². The molecule has 2 aliphatic rings. The van der Waals surface area contributed by atoms with Crippen molar-refractivity contribution in [3.05, 3.63) is 0 Å². The van der Waals surface area contributed by atoms with E-state index in [2.05, 4.69) is 19.3 Å². The monoisotopic (exact) mass is 281 g/mol. The van der Waals surface area contributed by atoms with E-state index in [0.717, 1.165) is 19.1 Å². The van der Waals surface area contributed by atoms with Gasteiger partial charge in [-0.05, 0) is 38.6 Å². The maximum Gasteiger partial charge on any atom is 0.0672 e. The number of hydrogen-bond donors (Lipinski definition) is 1. The second-order valence-corrected chi connectivity index (χ2v) is 7.14. The van der Waals surface area contributed by atoms with Gasteiger partial charge in [-0.3, -0.25) is 0 Å². The highest BCUT2D eigenvalue weighted by atomic mass is 16.5. The molecule has 0 aromatic heterocycles. The van der Waals surface area contributed by atoms with Gasteiger partial charge in [-0.2, -0.15) is 0 Å². The summed E-state index contributed by atoms with van der Waals surface area (Å²) < 4.78 is 6.12. The molecule has 118 valence electrons. The van der Waals surface area contributed by atoms with Crippen LogP contribution in [-0.4, -0.2) is 26.3 Å². The smallest absolute Gasteiger partial charge is 0.0672 e. The molecule has 1 saturated heterocycles. The Morgan fingerprint density at radius 3 is 2.40 bits per heavy atom. The standard InChI is InChI=1S/C18H35NO/c1-3-4-5-6-7-8-9-12-18(15-19-2)13-14-20-17(18)16-10-11-16/h16-17,19H,3-15H2,1-2H3. The van der Waals surface area contributed by atoms with Gasteiger partial charge in [0.15, 0.2) is 0 Å². The van der Waals surface area contributed by atoms with E-state index in [1.54, 1.807) is 0 Å². The largest absolute Gasteiger partial charge is 0.377 e. The average Bonchev–Trinajstić information content (AvgIpc) is 3.21. The molecule has 0 radical (unpaired) electrons. The third kappa shape index (κ3) is 4.46. The zero-order chi connectivity index (χ0) is 14.3. The SMILES string of the molecule is CCCCCCCCCC1(CNC)CCOC1C1CC1. The lowest BCUT2D eigenvalue weighted by Gasteiger charge is -2.34. The van der Waals surface area contributed by atoms with Crippen LogP contribution < -0.4 is 5.32 Å². The molecular formula is C18H35NO. The molecule has 1 N–H and O–H groups in total. The Balaban J connectivity index is 1.69. The molecule has 20 heavy (non-hydrogen) atoms. The third-order valence-electron chi connectivity index (χ3n) is 5.36. The van der Waals surface area contributed by atoms with E-state index >= 15 is 0 Å². The lowest BCUT2D eigenvalue weighted by molar-refractivity contribution is 0.0261. The van der Waals surface area contributed by atoms with Crippen LogP contribution in [0.1, 0.15) is 77.6 Å². The molecule has 0 aromatic rings. The van der Waals surface area contributed by atoms with Crippen molar-refractivity contribution >= 4 is 0 Å². The van der Waals surface area contributed by atoms with Gasteiger partial charge < -0.3 is 10.1 Å². The number of rotatable bonds is 11.